The Bertz CT molecular complexity index is 177. The smallest absolute Gasteiger partial charge is 0.314 e. The summed E-state index contributed by atoms with van der Waals surface area (Å²) < 4.78 is 0. The lowest BCUT2D eigenvalue weighted by Gasteiger charge is -2.12. The summed E-state index contributed by atoms with van der Waals surface area (Å²) in [5.74, 6) is 0.660. The van der Waals surface area contributed by atoms with Crippen LogP contribution in [0.2, 0.25) is 0 Å². The molecule has 0 radical (unpaired) electrons. The van der Waals surface area contributed by atoms with Gasteiger partial charge in [-0.25, -0.2) is 4.79 Å². The van der Waals surface area contributed by atoms with E-state index in [1.54, 1.807) is 6.92 Å². The van der Waals surface area contributed by atoms with E-state index in [1.165, 1.54) is 25.7 Å². The minimum absolute atomic E-state index is 0.169. The number of carbonyl (C=O) groups is 1. The van der Waals surface area contributed by atoms with Gasteiger partial charge < -0.3 is 15.7 Å². The molecule has 0 aliphatic heterocycles. The average molecular weight is 200 g/mol. The van der Waals surface area contributed by atoms with Crippen LogP contribution < -0.4 is 10.6 Å². The van der Waals surface area contributed by atoms with Crippen molar-refractivity contribution in [3.8, 4) is 0 Å². The van der Waals surface area contributed by atoms with Crippen LogP contribution in [-0.4, -0.2) is 30.3 Å². The Kier molecular flexibility index (Phi) is 4.73. The number of urea groups is 1. The van der Waals surface area contributed by atoms with E-state index >= 15 is 0 Å². The van der Waals surface area contributed by atoms with Crippen molar-refractivity contribution in [2.45, 2.75) is 38.7 Å². The highest BCUT2D eigenvalue weighted by Gasteiger charge is 2.15. The van der Waals surface area contributed by atoms with Crippen molar-refractivity contribution in [2.75, 3.05) is 13.1 Å². The van der Waals surface area contributed by atoms with Crippen molar-refractivity contribution in [1.82, 2.24) is 10.6 Å². The quantitative estimate of drug-likeness (QED) is 0.630. The van der Waals surface area contributed by atoms with Gasteiger partial charge in [-0.2, -0.15) is 0 Å². The fourth-order valence-electron chi connectivity index (χ4n) is 1.75. The van der Waals surface area contributed by atoms with Gasteiger partial charge in [0.05, 0.1) is 6.10 Å². The molecule has 1 fully saturated rings. The Morgan fingerprint density at radius 1 is 1.43 bits per heavy atom. The molecule has 82 valence electrons. The van der Waals surface area contributed by atoms with Gasteiger partial charge in [0.15, 0.2) is 0 Å². The molecule has 1 saturated carbocycles. The molecule has 0 aromatic carbocycles. The number of carbonyl (C=O) groups excluding carboxylic acids is 1. The molecule has 4 nitrogen and oxygen atoms in total. The van der Waals surface area contributed by atoms with Gasteiger partial charge in [-0.3, -0.25) is 0 Å². The second-order valence-corrected chi connectivity index (χ2v) is 4.09. The van der Waals surface area contributed by atoms with Crippen molar-refractivity contribution in [2.24, 2.45) is 5.92 Å². The molecule has 1 rings (SSSR count). The van der Waals surface area contributed by atoms with Crippen LogP contribution in [0, 0.1) is 5.92 Å². The summed E-state index contributed by atoms with van der Waals surface area (Å²) in [6.07, 6.45) is 4.57. The standard InChI is InChI=1S/C10H20N2O2/c1-8(13)6-11-10(14)12-7-9-4-2-3-5-9/h8-9,13H,2-7H2,1H3,(H2,11,12,14). The first-order valence-corrected chi connectivity index (χ1v) is 5.38. The molecule has 0 aromatic heterocycles. The summed E-state index contributed by atoms with van der Waals surface area (Å²) in [4.78, 5) is 11.2. The number of aliphatic hydroxyl groups excluding tert-OH is 1. The third-order valence-electron chi connectivity index (χ3n) is 2.58. The second-order valence-electron chi connectivity index (χ2n) is 4.09. The van der Waals surface area contributed by atoms with Gasteiger partial charge >= 0.3 is 6.03 Å². The second kappa shape index (κ2) is 5.86. The highest BCUT2D eigenvalue weighted by molar-refractivity contribution is 5.73. The number of aliphatic hydroxyl groups is 1. The molecule has 3 N–H and O–H groups in total. The third-order valence-corrected chi connectivity index (χ3v) is 2.58. The Labute approximate surface area is 85.1 Å². The van der Waals surface area contributed by atoms with Gasteiger partial charge in [0.25, 0.3) is 0 Å². The van der Waals surface area contributed by atoms with Gasteiger partial charge in [-0.15, -0.1) is 0 Å². The first kappa shape index (κ1) is 11.3. The molecule has 2 amide bonds. The fraction of sp³-hybridized carbons (Fsp3) is 0.900. The van der Waals surface area contributed by atoms with Crippen LogP contribution in [0.15, 0.2) is 0 Å². The molecule has 0 aromatic rings. The van der Waals surface area contributed by atoms with E-state index in [1.807, 2.05) is 0 Å². The van der Waals surface area contributed by atoms with Crippen molar-refractivity contribution >= 4 is 6.03 Å². The number of nitrogens with one attached hydrogen (secondary N) is 2. The van der Waals surface area contributed by atoms with E-state index in [0.717, 1.165) is 6.54 Å². The molecule has 1 aliphatic rings. The van der Waals surface area contributed by atoms with E-state index in [4.69, 9.17) is 5.11 Å². The van der Waals surface area contributed by atoms with Crippen LogP contribution in [0.4, 0.5) is 4.79 Å². The number of amides is 2. The Morgan fingerprint density at radius 2 is 2.07 bits per heavy atom. The normalized spacial score (nSPS) is 19.3. The highest BCUT2D eigenvalue weighted by atomic mass is 16.3. The molecular formula is C10H20N2O2. The molecule has 4 heteroatoms. The average Bonchev–Trinajstić information content (AvgIpc) is 2.63. The largest absolute Gasteiger partial charge is 0.392 e. The van der Waals surface area contributed by atoms with Crippen LogP contribution >= 0.6 is 0 Å². The number of hydrogen-bond donors (Lipinski definition) is 3. The molecule has 0 bridgehead atoms. The Morgan fingerprint density at radius 3 is 2.64 bits per heavy atom. The zero-order valence-electron chi connectivity index (χ0n) is 8.75. The van der Waals surface area contributed by atoms with E-state index in [9.17, 15) is 4.79 Å². The zero-order chi connectivity index (χ0) is 10.4. The minimum Gasteiger partial charge on any atom is -0.392 e. The Balaban J connectivity index is 2.02. The van der Waals surface area contributed by atoms with E-state index in [0.29, 0.717) is 12.5 Å². The molecule has 14 heavy (non-hydrogen) atoms. The monoisotopic (exact) mass is 200 g/mol. The molecule has 0 heterocycles. The highest BCUT2D eigenvalue weighted by Crippen LogP contribution is 2.23. The van der Waals surface area contributed by atoms with Gasteiger partial charge in [-0.05, 0) is 25.7 Å². The summed E-state index contributed by atoms with van der Waals surface area (Å²) in [6.45, 7) is 2.74. The topological polar surface area (TPSA) is 61.4 Å². The summed E-state index contributed by atoms with van der Waals surface area (Å²) in [6, 6.07) is -0.169. The van der Waals surface area contributed by atoms with Gasteiger partial charge in [0.2, 0.25) is 0 Å². The van der Waals surface area contributed by atoms with E-state index < -0.39 is 6.10 Å². The predicted octanol–water partition coefficient (Wildman–Crippen LogP) is 0.857. The maximum Gasteiger partial charge on any atom is 0.314 e. The maximum atomic E-state index is 11.2. The first-order valence-electron chi connectivity index (χ1n) is 5.38. The van der Waals surface area contributed by atoms with Gasteiger partial charge in [-0.1, -0.05) is 12.8 Å². The third kappa shape index (κ3) is 4.46. The molecule has 1 atom stereocenters. The SMILES string of the molecule is CC(O)CNC(=O)NCC1CCCC1. The van der Waals surface area contributed by atoms with Crippen molar-refractivity contribution < 1.29 is 9.90 Å². The summed E-state index contributed by atoms with van der Waals surface area (Å²) in [5, 5.41) is 14.4. The predicted molar refractivity (Wildman–Crippen MR) is 55.0 cm³/mol. The molecule has 0 spiro atoms. The van der Waals surface area contributed by atoms with Crippen molar-refractivity contribution in [3.05, 3.63) is 0 Å². The molecule has 1 unspecified atom stereocenters. The van der Waals surface area contributed by atoms with Crippen LogP contribution in [0.3, 0.4) is 0 Å². The van der Waals surface area contributed by atoms with Gasteiger partial charge in [0.1, 0.15) is 0 Å². The van der Waals surface area contributed by atoms with Crippen LogP contribution in [0.25, 0.3) is 0 Å². The zero-order valence-corrected chi connectivity index (χ0v) is 8.75. The molecule has 0 saturated heterocycles. The van der Waals surface area contributed by atoms with Crippen molar-refractivity contribution in [1.29, 1.82) is 0 Å². The fourth-order valence-corrected chi connectivity index (χ4v) is 1.75. The first-order chi connectivity index (χ1) is 6.68. The van der Waals surface area contributed by atoms with Crippen LogP contribution in [0.5, 0.6) is 0 Å². The lowest BCUT2D eigenvalue weighted by atomic mass is 10.1. The van der Waals surface area contributed by atoms with Crippen molar-refractivity contribution in [3.63, 3.8) is 0 Å². The summed E-state index contributed by atoms with van der Waals surface area (Å²) in [5.41, 5.74) is 0. The molecular weight excluding hydrogens is 180 g/mol. The number of hydrogen-bond acceptors (Lipinski definition) is 2. The Hall–Kier alpha value is -0.770. The maximum absolute atomic E-state index is 11.2. The van der Waals surface area contributed by atoms with E-state index in [-0.39, 0.29) is 6.03 Å². The van der Waals surface area contributed by atoms with Gasteiger partial charge in [0, 0.05) is 13.1 Å². The minimum atomic E-state index is -0.479. The lowest BCUT2D eigenvalue weighted by molar-refractivity contribution is 0.187. The van der Waals surface area contributed by atoms with Crippen LogP contribution in [0.1, 0.15) is 32.6 Å². The summed E-state index contributed by atoms with van der Waals surface area (Å²) in [7, 11) is 0. The molecule has 1 aliphatic carbocycles. The summed E-state index contributed by atoms with van der Waals surface area (Å²) >= 11 is 0. The lowest BCUT2D eigenvalue weighted by Crippen LogP contribution is -2.40. The van der Waals surface area contributed by atoms with E-state index in [2.05, 4.69) is 10.6 Å². The number of rotatable bonds is 4. The van der Waals surface area contributed by atoms with Crippen LogP contribution in [-0.2, 0) is 0 Å².